The number of halogens is 1. The third kappa shape index (κ3) is 3.10. The molecule has 25 heavy (non-hydrogen) atoms. The Morgan fingerprint density at radius 2 is 2.04 bits per heavy atom. The zero-order valence-electron chi connectivity index (χ0n) is 14.2. The van der Waals surface area contributed by atoms with Crippen LogP contribution in [-0.4, -0.2) is 27.3 Å². The van der Waals surface area contributed by atoms with Crippen molar-refractivity contribution < 1.29 is 4.39 Å². The van der Waals surface area contributed by atoms with Crippen molar-refractivity contribution in [2.75, 3.05) is 13.1 Å². The van der Waals surface area contributed by atoms with Gasteiger partial charge in [0.25, 0.3) is 0 Å². The van der Waals surface area contributed by atoms with Gasteiger partial charge in [0.1, 0.15) is 17.2 Å². The lowest BCUT2D eigenvalue weighted by Crippen LogP contribution is -2.32. The lowest BCUT2D eigenvalue weighted by molar-refractivity contribution is 0.314. The largest absolute Gasteiger partial charge is 0.298 e. The smallest absolute Gasteiger partial charge is 0.129 e. The summed E-state index contributed by atoms with van der Waals surface area (Å²) in [7, 11) is 0. The molecular weight excluding hydrogens is 333 g/mol. The van der Waals surface area contributed by atoms with E-state index in [2.05, 4.69) is 38.5 Å². The SMILES string of the molecule is Cc1ccc([C@]2(c3ncns3)CCN(Cc3ccccc3)C2)cc1F. The Morgan fingerprint density at radius 1 is 1.20 bits per heavy atom. The molecule has 5 heteroatoms. The van der Waals surface area contributed by atoms with E-state index in [1.54, 1.807) is 19.3 Å². The van der Waals surface area contributed by atoms with Crippen LogP contribution in [0.15, 0.2) is 54.9 Å². The summed E-state index contributed by atoms with van der Waals surface area (Å²) >= 11 is 1.42. The second kappa shape index (κ2) is 6.65. The molecule has 1 aliphatic heterocycles. The molecule has 0 bridgehead atoms. The first kappa shape index (κ1) is 16.4. The van der Waals surface area contributed by atoms with Crippen LogP contribution in [-0.2, 0) is 12.0 Å². The van der Waals surface area contributed by atoms with E-state index in [0.717, 1.165) is 36.6 Å². The molecule has 2 aromatic carbocycles. The second-order valence-corrected chi connectivity index (χ2v) is 7.52. The lowest BCUT2D eigenvalue weighted by atomic mass is 9.80. The van der Waals surface area contributed by atoms with Crippen LogP contribution in [0, 0.1) is 12.7 Å². The third-order valence-corrected chi connectivity index (χ3v) is 5.96. The first-order chi connectivity index (χ1) is 12.2. The topological polar surface area (TPSA) is 29.0 Å². The fourth-order valence-electron chi connectivity index (χ4n) is 3.67. The first-order valence-corrected chi connectivity index (χ1v) is 9.25. The lowest BCUT2D eigenvalue weighted by Gasteiger charge is -2.28. The van der Waals surface area contributed by atoms with Gasteiger partial charge in [-0.3, -0.25) is 4.90 Å². The van der Waals surface area contributed by atoms with Crippen LogP contribution in [0.5, 0.6) is 0 Å². The number of rotatable bonds is 4. The van der Waals surface area contributed by atoms with Crippen molar-refractivity contribution in [3.05, 3.63) is 82.4 Å². The maximum absolute atomic E-state index is 14.2. The standard InChI is InChI=1S/C20H20FN3S/c1-15-7-8-17(11-18(15)21)20(19-22-14-23-25-19)9-10-24(13-20)12-16-5-3-2-4-6-16/h2-8,11,14H,9-10,12-13H2,1H3/t20-/m0/s1. The summed E-state index contributed by atoms with van der Waals surface area (Å²) in [6.45, 7) is 4.49. The van der Waals surface area contributed by atoms with Crippen molar-refractivity contribution in [1.82, 2.24) is 14.3 Å². The van der Waals surface area contributed by atoms with Gasteiger partial charge in [-0.1, -0.05) is 42.5 Å². The van der Waals surface area contributed by atoms with Crippen molar-refractivity contribution in [2.45, 2.75) is 25.3 Å². The van der Waals surface area contributed by atoms with Gasteiger partial charge in [-0.05, 0) is 54.2 Å². The maximum Gasteiger partial charge on any atom is 0.129 e. The van der Waals surface area contributed by atoms with Gasteiger partial charge in [0.15, 0.2) is 0 Å². The highest BCUT2D eigenvalue weighted by Crippen LogP contribution is 2.42. The van der Waals surface area contributed by atoms with Crippen molar-refractivity contribution in [3.8, 4) is 0 Å². The molecule has 1 aromatic heterocycles. The average Bonchev–Trinajstić information content (AvgIpc) is 3.29. The summed E-state index contributed by atoms with van der Waals surface area (Å²) in [5.74, 6) is -0.150. The summed E-state index contributed by atoms with van der Waals surface area (Å²) in [6.07, 6.45) is 2.53. The van der Waals surface area contributed by atoms with Crippen molar-refractivity contribution in [3.63, 3.8) is 0 Å². The van der Waals surface area contributed by atoms with Crippen molar-refractivity contribution in [1.29, 1.82) is 0 Å². The normalized spacial score (nSPS) is 20.9. The van der Waals surface area contributed by atoms with E-state index in [4.69, 9.17) is 0 Å². The molecule has 2 heterocycles. The first-order valence-electron chi connectivity index (χ1n) is 8.47. The van der Waals surface area contributed by atoms with Gasteiger partial charge < -0.3 is 0 Å². The molecule has 1 aliphatic rings. The number of hydrogen-bond donors (Lipinski definition) is 0. The maximum atomic E-state index is 14.2. The monoisotopic (exact) mass is 353 g/mol. The molecule has 0 aliphatic carbocycles. The molecule has 1 saturated heterocycles. The molecule has 3 nitrogen and oxygen atoms in total. The summed E-state index contributed by atoms with van der Waals surface area (Å²) in [5.41, 5.74) is 2.70. The minimum absolute atomic E-state index is 0.150. The van der Waals surface area contributed by atoms with Crippen molar-refractivity contribution in [2.24, 2.45) is 0 Å². The van der Waals surface area contributed by atoms with Crippen LogP contribution >= 0.6 is 11.5 Å². The minimum atomic E-state index is -0.273. The van der Waals surface area contributed by atoms with E-state index in [9.17, 15) is 4.39 Å². The number of aryl methyl sites for hydroxylation is 1. The predicted octanol–water partition coefficient (Wildman–Crippen LogP) is 4.18. The number of likely N-dealkylation sites (tertiary alicyclic amines) is 1. The van der Waals surface area contributed by atoms with Gasteiger partial charge in [-0.15, -0.1) is 0 Å². The second-order valence-electron chi connectivity index (χ2n) is 6.74. The fourth-order valence-corrected chi connectivity index (χ4v) is 4.42. The number of nitrogens with zero attached hydrogens (tertiary/aromatic N) is 3. The van der Waals surface area contributed by atoms with Crippen LogP contribution in [0.2, 0.25) is 0 Å². The van der Waals surface area contributed by atoms with Crippen LogP contribution < -0.4 is 0 Å². The van der Waals surface area contributed by atoms with E-state index < -0.39 is 0 Å². The Kier molecular flexibility index (Phi) is 4.36. The highest BCUT2D eigenvalue weighted by Gasteiger charge is 2.43. The minimum Gasteiger partial charge on any atom is -0.298 e. The molecule has 128 valence electrons. The number of benzene rings is 2. The van der Waals surface area contributed by atoms with Gasteiger partial charge in [-0.2, -0.15) is 4.37 Å². The molecule has 3 aromatic rings. The number of aromatic nitrogens is 2. The zero-order chi connectivity index (χ0) is 17.3. The molecular formula is C20H20FN3S. The quantitative estimate of drug-likeness (QED) is 0.705. The van der Waals surface area contributed by atoms with E-state index in [1.165, 1.54) is 17.1 Å². The molecule has 4 rings (SSSR count). The Labute approximate surface area is 151 Å². The number of hydrogen-bond acceptors (Lipinski definition) is 4. The molecule has 0 N–H and O–H groups in total. The fraction of sp³-hybridized carbons (Fsp3) is 0.300. The molecule has 1 fully saturated rings. The predicted molar refractivity (Wildman–Crippen MR) is 98.2 cm³/mol. The van der Waals surface area contributed by atoms with Gasteiger partial charge in [0, 0.05) is 13.1 Å². The average molecular weight is 353 g/mol. The van der Waals surface area contributed by atoms with Crippen LogP contribution in [0.3, 0.4) is 0 Å². The highest BCUT2D eigenvalue weighted by atomic mass is 32.1. The molecule has 0 spiro atoms. The summed E-state index contributed by atoms with van der Waals surface area (Å²) in [4.78, 5) is 6.92. The Bertz CT molecular complexity index is 851. The summed E-state index contributed by atoms with van der Waals surface area (Å²) < 4.78 is 18.4. The third-order valence-electron chi connectivity index (χ3n) is 5.09. The molecule has 1 atom stereocenters. The van der Waals surface area contributed by atoms with Gasteiger partial charge in [0.05, 0.1) is 5.41 Å². The zero-order valence-corrected chi connectivity index (χ0v) is 15.0. The van der Waals surface area contributed by atoms with Gasteiger partial charge >= 0.3 is 0 Å². The highest BCUT2D eigenvalue weighted by molar-refractivity contribution is 7.05. The molecule has 0 radical (unpaired) electrons. The van der Waals surface area contributed by atoms with E-state index in [-0.39, 0.29) is 11.2 Å². The van der Waals surface area contributed by atoms with E-state index >= 15 is 0 Å². The molecule has 0 amide bonds. The van der Waals surface area contributed by atoms with E-state index in [1.807, 2.05) is 18.2 Å². The van der Waals surface area contributed by atoms with Gasteiger partial charge in [0.2, 0.25) is 0 Å². The summed E-state index contributed by atoms with van der Waals surface area (Å²) in [6, 6.07) is 16.1. The van der Waals surface area contributed by atoms with Crippen LogP contribution in [0.25, 0.3) is 0 Å². The Balaban J connectivity index is 1.67. The van der Waals surface area contributed by atoms with Gasteiger partial charge in [-0.25, -0.2) is 9.37 Å². The Hall–Kier alpha value is -2.11. The molecule has 0 unspecified atom stereocenters. The van der Waals surface area contributed by atoms with Crippen molar-refractivity contribution >= 4 is 11.5 Å². The van der Waals surface area contributed by atoms with Crippen LogP contribution in [0.1, 0.15) is 28.1 Å². The Morgan fingerprint density at radius 3 is 2.76 bits per heavy atom. The van der Waals surface area contributed by atoms with E-state index in [0.29, 0.717) is 5.56 Å². The van der Waals surface area contributed by atoms with Crippen LogP contribution in [0.4, 0.5) is 4.39 Å². The molecule has 0 saturated carbocycles. The summed E-state index contributed by atoms with van der Waals surface area (Å²) in [5, 5.41) is 0.978.